The fourth-order valence-corrected chi connectivity index (χ4v) is 2.30. The molecule has 0 bridgehead atoms. The van der Waals surface area contributed by atoms with Crippen molar-refractivity contribution in [1.29, 1.82) is 0 Å². The van der Waals surface area contributed by atoms with Gasteiger partial charge in [0.15, 0.2) is 0 Å². The molecule has 0 aliphatic heterocycles. The first-order valence-corrected chi connectivity index (χ1v) is 7.81. The third-order valence-electron chi connectivity index (χ3n) is 3.61. The van der Waals surface area contributed by atoms with E-state index in [1.807, 2.05) is 6.92 Å². The summed E-state index contributed by atoms with van der Waals surface area (Å²) in [5.74, 6) is -0.262. The van der Waals surface area contributed by atoms with Gasteiger partial charge in [0.05, 0.1) is 27.7 Å². The second-order valence-electron chi connectivity index (χ2n) is 5.45. The van der Waals surface area contributed by atoms with Crippen molar-refractivity contribution in [3.05, 3.63) is 67.8 Å². The average molecular weight is 359 g/mol. The summed E-state index contributed by atoms with van der Waals surface area (Å²) >= 11 is 0. The Hall–Kier alpha value is -3.49. The van der Waals surface area contributed by atoms with Gasteiger partial charge in [0, 0.05) is 12.1 Å². The van der Waals surface area contributed by atoms with Crippen molar-refractivity contribution in [2.45, 2.75) is 20.3 Å². The molecule has 0 fully saturated rings. The van der Waals surface area contributed by atoms with Gasteiger partial charge in [-0.1, -0.05) is 19.1 Å². The number of nitro benzene ring substituents is 2. The van der Waals surface area contributed by atoms with E-state index in [1.165, 1.54) is 6.92 Å². The van der Waals surface area contributed by atoms with Gasteiger partial charge in [-0.3, -0.25) is 25.0 Å². The third-order valence-corrected chi connectivity index (χ3v) is 3.61. The number of hydrogen-bond acceptors (Lipinski definition) is 6. The quantitative estimate of drug-likeness (QED) is 0.591. The largest absolute Gasteiger partial charge is 0.491 e. The summed E-state index contributed by atoms with van der Waals surface area (Å²) in [6.07, 6.45) is 0.776. The molecule has 0 aliphatic carbocycles. The van der Waals surface area contributed by atoms with Crippen LogP contribution < -0.4 is 10.1 Å². The maximum Gasteiger partial charge on any atom is 0.279 e. The van der Waals surface area contributed by atoms with Crippen molar-refractivity contribution in [3.8, 4) is 5.75 Å². The molecule has 2 rings (SSSR count). The molecule has 2 aromatic rings. The molecule has 0 saturated heterocycles. The Morgan fingerprint density at radius 3 is 2.23 bits per heavy atom. The molecule has 1 amide bonds. The predicted octanol–water partition coefficient (Wildman–Crippen LogP) is 3.85. The molecule has 0 aliphatic rings. The fraction of sp³-hybridized carbons (Fsp3) is 0.235. The summed E-state index contributed by atoms with van der Waals surface area (Å²) in [4.78, 5) is 33.3. The Bertz CT molecular complexity index is 830. The molecule has 136 valence electrons. The molecule has 0 saturated carbocycles. The van der Waals surface area contributed by atoms with Crippen LogP contribution in [0, 0.1) is 27.2 Å². The van der Waals surface area contributed by atoms with E-state index >= 15 is 0 Å². The SMILES string of the molecule is CCCOc1ccccc1NC(=O)c1cc([N+](=O)[O-])c(C)c([N+](=O)[O-])c1. The molecule has 0 unspecified atom stereocenters. The highest BCUT2D eigenvalue weighted by molar-refractivity contribution is 6.06. The number of para-hydroxylation sites is 2. The highest BCUT2D eigenvalue weighted by Crippen LogP contribution is 2.30. The van der Waals surface area contributed by atoms with Crippen LogP contribution in [0.25, 0.3) is 0 Å². The van der Waals surface area contributed by atoms with Gasteiger partial charge in [-0.2, -0.15) is 0 Å². The Morgan fingerprint density at radius 1 is 1.12 bits per heavy atom. The summed E-state index contributed by atoms with van der Waals surface area (Å²) in [6.45, 7) is 3.66. The van der Waals surface area contributed by atoms with E-state index in [1.54, 1.807) is 24.3 Å². The Balaban J connectivity index is 2.39. The molecule has 0 radical (unpaired) electrons. The number of carbonyl (C=O) groups is 1. The number of anilines is 1. The maximum absolute atomic E-state index is 12.5. The lowest BCUT2D eigenvalue weighted by Crippen LogP contribution is -2.14. The molecular weight excluding hydrogens is 342 g/mol. The van der Waals surface area contributed by atoms with Gasteiger partial charge < -0.3 is 10.1 Å². The van der Waals surface area contributed by atoms with E-state index in [9.17, 15) is 25.0 Å². The summed E-state index contributed by atoms with van der Waals surface area (Å²) in [5, 5.41) is 24.8. The maximum atomic E-state index is 12.5. The number of ether oxygens (including phenoxy) is 1. The molecule has 0 heterocycles. The molecule has 9 nitrogen and oxygen atoms in total. The number of nitro groups is 2. The van der Waals surface area contributed by atoms with Crippen molar-refractivity contribution in [3.63, 3.8) is 0 Å². The van der Waals surface area contributed by atoms with Gasteiger partial charge in [0.1, 0.15) is 11.3 Å². The van der Waals surface area contributed by atoms with Gasteiger partial charge in [-0.25, -0.2) is 0 Å². The summed E-state index contributed by atoms with van der Waals surface area (Å²) < 4.78 is 5.53. The fourth-order valence-electron chi connectivity index (χ4n) is 2.30. The first-order valence-electron chi connectivity index (χ1n) is 7.81. The highest BCUT2D eigenvalue weighted by Gasteiger charge is 2.25. The first kappa shape index (κ1) is 18.8. The number of benzene rings is 2. The summed E-state index contributed by atoms with van der Waals surface area (Å²) in [5.41, 5.74) is -0.890. The van der Waals surface area contributed by atoms with Crippen LogP contribution >= 0.6 is 0 Å². The van der Waals surface area contributed by atoms with Gasteiger partial charge in [-0.15, -0.1) is 0 Å². The number of carbonyl (C=O) groups excluding carboxylic acids is 1. The molecule has 2 aromatic carbocycles. The molecule has 9 heteroatoms. The zero-order valence-electron chi connectivity index (χ0n) is 14.2. The minimum Gasteiger partial charge on any atom is -0.491 e. The van der Waals surface area contributed by atoms with Gasteiger partial charge in [0.2, 0.25) is 0 Å². The normalized spacial score (nSPS) is 10.2. The van der Waals surface area contributed by atoms with Crippen molar-refractivity contribution < 1.29 is 19.4 Å². The van der Waals surface area contributed by atoms with Crippen molar-refractivity contribution in [1.82, 2.24) is 0 Å². The van der Waals surface area contributed by atoms with Gasteiger partial charge >= 0.3 is 0 Å². The molecule has 0 spiro atoms. The van der Waals surface area contributed by atoms with Crippen molar-refractivity contribution in [2.24, 2.45) is 0 Å². The summed E-state index contributed by atoms with van der Waals surface area (Å²) in [7, 11) is 0. The minimum absolute atomic E-state index is 0.108. The van der Waals surface area contributed by atoms with Crippen LogP contribution in [0.1, 0.15) is 29.3 Å². The lowest BCUT2D eigenvalue weighted by atomic mass is 10.1. The second-order valence-corrected chi connectivity index (χ2v) is 5.45. The predicted molar refractivity (Wildman–Crippen MR) is 94.7 cm³/mol. The van der Waals surface area contributed by atoms with E-state index in [0.717, 1.165) is 18.6 Å². The van der Waals surface area contributed by atoms with Crippen LogP contribution in [0.2, 0.25) is 0 Å². The summed E-state index contributed by atoms with van der Waals surface area (Å²) in [6, 6.07) is 8.75. The van der Waals surface area contributed by atoms with Gasteiger partial charge in [-0.05, 0) is 25.5 Å². The second kappa shape index (κ2) is 8.06. The lowest BCUT2D eigenvalue weighted by molar-refractivity contribution is -0.395. The Kier molecular flexibility index (Phi) is 5.84. The number of amides is 1. The van der Waals surface area contributed by atoms with E-state index in [0.29, 0.717) is 18.0 Å². The molecule has 0 aromatic heterocycles. The van der Waals surface area contributed by atoms with Crippen molar-refractivity contribution in [2.75, 3.05) is 11.9 Å². The zero-order valence-corrected chi connectivity index (χ0v) is 14.2. The van der Waals surface area contributed by atoms with Crippen LogP contribution in [0.5, 0.6) is 5.75 Å². The Morgan fingerprint density at radius 2 is 1.69 bits per heavy atom. The van der Waals surface area contributed by atoms with Crippen LogP contribution in [-0.4, -0.2) is 22.4 Å². The molecule has 0 atom stereocenters. The average Bonchev–Trinajstić information content (AvgIpc) is 2.60. The highest BCUT2D eigenvalue weighted by atomic mass is 16.6. The van der Waals surface area contributed by atoms with E-state index in [-0.39, 0.29) is 11.1 Å². The van der Waals surface area contributed by atoms with E-state index in [4.69, 9.17) is 4.74 Å². The number of hydrogen-bond donors (Lipinski definition) is 1. The number of nitrogens with zero attached hydrogens (tertiary/aromatic N) is 2. The topological polar surface area (TPSA) is 125 Å². The standard InChI is InChI=1S/C17H17N3O6/c1-3-8-26-16-7-5-4-6-13(16)18-17(21)12-9-14(19(22)23)11(2)15(10-12)20(24)25/h4-7,9-10H,3,8H2,1-2H3,(H,18,21). The first-order chi connectivity index (χ1) is 12.3. The lowest BCUT2D eigenvalue weighted by Gasteiger charge is -2.12. The number of nitrogens with one attached hydrogen (secondary N) is 1. The van der Waals surface area contributed by atoms with Gasteiger partial charge in [0.25, 0.3) is 17.3 Å². The molecule has 26 heavy (non-hydrogen) atoms. The molecular formula is C17H17N3O6. The smallest absolute Gasteiger partial charge is 0.279 e. The third kappa shape index (κ3) is 4.12. The molecule has 1 N–H and O–H groups in total. The van der Waals surface area contributed by atoms with E-state index in [2.05, 4.69) is 5.32 Å². The van der Waals surface area contributed by atoms with Crippen LogP contribution in [0.4, 0.5) is 17.1 Å². The van der Waals surface area contributed by atoms with Crippen LogP contribution in [-0.2, 0) is 0 Å². The monoisotopic (exact) mass is 359 g/mol. The Labute approximate surface area is 148 Å². The van der Waals surface area contributed by atoms with Crippen LogP contribution in [0.15, 0.2) is 36.4 Å². The van der Waals surface area contributed by atoms with Crippen molar-refractivity contribution >= 4 is 23.0 Å². The zero-order chi connectivity index (χ0) is 19.3. The van der Waals surface area contributed by atoms with E-state index < -0.39 is 27.1 Å². The van der Waals surface area contributed by atoms with Crippen LogP contribution in [0.3, 0.4) is 0 Å². The minimum atomic E-state index is -0.753. The number of rotatable bonds is 7.